The summed E-state index contributed by atoms with van der Waals surface area (Å²) in [6, 6.07) is 0. The van der Waals surface area contributed by atoms with Gasteiger partial charge in [-0.1, -0.05) is 5.92 Å². The Morgan fingerprint density at radius 3 is 2.83 bits per heavy atom. The second-order valence-corrected chi connectivity index (χ2v) is 4.26. The van der Waals surface area contributed by atoms with Crippen molar-refractivity contribution >= 4 is 29.9 Å². The monoisotopic (exact) mass is 367 g/mol. The maximum absolute atomic E-state index is 9.10. The van der Waals surface area contributed by atoms with Crippen molar-refractivity contribution in [2.45, 2.75) is 12.8 Å². The molecule has 104 valence electrons. The molecule has 6 heteroatoms. The Labute approximate surface area is 126 Å². The molecule has 1 aliphatic rings. The minimum Gasteiger partial charge on any atom is -0.396 e. The molecule has 0 bridgehead atoms. The highest BCUT2D eigenvalue weighted by atomic mass is 127. The number of hydrogen-bond donors (Lipinski definition) is 3. The summed E-state index contributed by atoms with van der Waals surface area (Å²) in [5.41, 5.74) is 0.0164. The summed E-state index contributed by atoms with van der Waals surface area (Å²) in [5.74, 6) is 3.19. The van der Waals surface area contributed by atoms with Crippen LogP contribution in [-0.4, -0.2) is 51.0 Å². The summed E-state index contributed by atoms with van der Waals surface area (Å²) < 4.78 is 5.42. The third kappa shape index (κ3) is 5.42. The number of halogens is 1. The van der Waals surface area contributed by atoms with E-state index in [0.29, 0.717) is 19.1 Å². The molecule has 1 unspecified atom stereocenters. The van der Waals surface area contributed by atoms with E-state index in [0.717, 1.165) is 26.0 Å². The fourth-order valence-electron chi connectivity index (χ4n) is 1.94. The molecular weight excluding hydrogens is 345 g/mol. The number of aliphatic hydroxyl groups excluding tert-OH is 1. The molecule has 0 aliphatic carbocycles. The lowest BCUT2D eigenvalue weighted by Crippen LogP contribution is -2.44. The summed E-state index contributed by atoms with van der Waals surface area (Å²) in [6.45, 7) is 2.81. The van der Waals surface area contributed by atoms with Gasteiger partial charge in [-0.25, -0.2) is 0 Å². The van der Waals surface area contributed by atoms with Crippen LogP contribution in [0.15, 0.2) is 4.99 Å². The van der Waals surface area contributed by atoms with Crippen LogP contribution in [0.1, 0.15) is 12.8 Å². The summed E-state index contributed by atoms with van der Waals surface area (Å²) >= 11 is 0. The maximum atomic E-state index is 9.10. The van der Waals surface area contributed by atoms with Crippen LogP contribution in [0, 0.1) is 17.8 Å². The zero-order chi connectivity index (χ0) is 12.6. The molecule has 0 aromatic heterocycles. The number of terminal acetylenes is 1. The average Bonchev–Trinajstić information content (AvgIpc) is 2.79. The van der Waals surface area contributed by atoms with Crippen LogP contribution in [0.25, 0.3) is 0 Å². The normalized spacial score (nSPS) is 23.1. The molecule has 5 nitrogen and oxygen atoms in total. The average molecular weight is 367 g/mol. The van der Waals surface area contributed by atoms with Crippen molar-refractivity contribution in [1.82, 2.24) is 10.6 Å². The smallest absolute Gasteiger partial charge is 0.191 e. The van der Waals surface area contributed by atoms with Crippen LogP contribution in [-0.2, 0) is 4.74 Å². The molecule has 1 heterocycles. The number of guanidine groups is 1. The van der Waals surface area contributed by atoms with Gasteiger partial charge in [-0.05, 0) is 12.8 Å². The Morgan fingerprint density at radius 1 is 1.56 bits per heavy atom. The van der Waals surface area contributed by atoms with E-state index in [1.165, 1.54) is 0 Å². The predicted octanol–water partition coefficient (Wildman–Crippen LogP) is 0.192. The van der Waals surface area contributed by atoms with Gasteiger partial charge in [0.05, 0.1) is 13.2 Å². The molecule has 1 aliphatic heterocycles. The summed E-state index contributed by atoms with van der Waals surface area (Å²) in [7, 11) is 1.70. The Bertz CT molecular complexity index is 296. The zero-order valence-corrected chi connectivity index (χ0v) is 13.1. The fraction of sp³-hybridized carbons (Fsp3) is 0.750. The van der Waals surface area contributed by atoms with Crippen molar-refractivity contribution in [1.29, 1.82) is 0 Å². The van der Waals surface area contributed by atoms with Crippen LogP contribution in [0.3, 0.4) is 0 Å². The third-order valence-corrected chi connectivity index (χ3v) is 3.04. The Balaban J connectivity index is 0.00000289. The number of rotatable bonds is 5. The van der Waals surface area contributed by atoms with Crippen LogP contribution in [0.4, 0.5) is 0 Å². The number of aliphatic hydroxyl groups is 1. The molecule has 0 saturated carbocycles. The van der Waals surface area contributed by atoms with Gasteiger partial charge in [0.25, 0.3) is 0 Å². The second kappa shape index (κ2) is 9.42. The first-order valence-electron chi connectivity index (χ1n) is 5.83. The molecule has 0 aromatic carbocycles. The van der Waals surface area contributed by atoms with Crippen LogP contribution < -0.4 is 10.6 Å². The van der Waals surface area contributed by atoms with Gasteiger partial charge < -0.3 is 20.5 Å². The van der Waals surface area contributed by atoms with E-state index in [1.54, 1.807) is 7.05 Å². The fourth-order valence-corrected chi connectivity index (χ4v) is 1.94. The van der Waals surface area contributed by atoms with Crippen LogP contribution >= 0.6 is 24.0 Å². The minimum atomic E-state index is 0. The molecule has 1 atom stereocenters. The van der Waals surface area contributed by atoms with Gasteiger partial charge in [-0.15, -0.1) is 30.4 Å². The molecule has 0 aromatic rings. The van der Waals surface area contributed by atoms with Crippen LogP contribution in [0.5, 0.6) is 0 Å². The lowest BCUT2D eigenvalue weighted by Gasteiger charge is -2.27. The van der Waals surface area contributed by atoms with Gasteiger partial charge in [0.2, 0.25) is 0 Å². The van der Waals surface area contributed by atoms with Gasteiger partial charge in [-0.3, -0.25) is 4.99 Å². The van der Waals surface area contributed by atoms with Gasteiger partial charge in [-0.2, -0.15) is 0 Å². The number of aliphatic imine (C=N–C) groups is 1. The number of hydrogen-bond acceptors (Lipinski definition) is 3. The molecule has 0 spiro atoms. The molecule has 18 heavy (non-hydrogen) atoms. The first-order chi connectivity index (χ1) is 8.26. The highest BCUT2D eigenvalue weighted by molar-refractivity contribution is 14.0. The molecule has 1 fully saturated rings. The van der Waals surface area contributed by atoms with Gasteiger partial charge >= 0.3 is 0 Å². The summed E-state index contributed by atoms with van der Waals surface area (Å²) in [6.07, 6.45) is 6.88. The van der Waals surface area contributed by atoms with Crippen LogP contribution in [0.2, 0.25) is 0 Å². The lowest BCUT2D eigenvalue weighted by atomic mass is 9.84. The van der Waals surface area contributed by atoms with Crippen molar-refractivity contribution in [2.75, 3.05) is 40.0 Å². The second-order valence-electron chi connectivity index (χ2n) is 4.26. The molecule has 0 radical (unpaired) electrons. The van der Waals surface area contributed by atoms with Gasteiger partial charge in [0, 0.05) is 32.2 Å². The number of ether oxygens (including phenoxy) is 1. The maximum Gasteiger partial charge on any atom is 0.191 e. The highest BCUT2D eigenvalue weighted by Crippen LogP contribution is 2.31. The van der Waals surface area contributed by atoms with E-state index in [9.17, 15) is 0 Å². The largest absolute Gasteiger partial charge is 0.396 e. The van der Waals surface area contributed by atoms with E-state index in [2.05, 4.69) is 21.5 Å². The number of nitrogens with one attached hydrogen (secondary N) is 2. The van der Waals surface area contributed by atoms with Gasteiger partial charge in [0.1, 0.15) is 0 Å². The van der Waals surface area contributed by atoms with Crippen molar-refractivity contribution in [3.63, 3.8) is 0 Å². The predicted molar refractivity (Wildman–Crippen MR) is 83.2 cm³/mol. The van der Waals surface area contributed by atoms with Gasteiger partial charge in [0.15, 0.2) is 5.96 Å². The van der Waals surface area contributed by atoms with Crippen molar-refractivity contribution in [3.8, 4) is 12.3 Å². The highest BCUT2D eigenvalue weighted by Gasteiger charge is 2.34. The number of nitrogens with zero attached hydrogens (tertiary/aromatic N) is 1. The molecule has 3 N–H and O–H groups in total. The van der Waals surface area contributed by atoms with Crippen molar-refractivity contribution < 1.29 is 9.84 Å². The topological polar surface area (TPSA) is 65.9 Å². The first kappa shape index (κ1) is 17.5. The quantitative estimate of drug-likeness (QED) is 0.281. The Morgan fingerprint density at radius 2 is 2.33 bits per heavy atom. The van der Waals surface area contributed by atoms with E-state index < -0.39 is 0 Å². The minimum absolute atomic E-state index is 0. The summed E-state index contributed by atoms with van der Waals surface area (Å²) in [5, 5.41) is 15.3. The van der Waals surface area contributed by atoms with E-state index in [-0.39, 0.29) is 36.0 Å². The molecular formula is C12H22IN3O2. The van der Waals surface area contributed by atoms with E-state index in [4.69, 9.17) is 16.3 Å². The Kier molecular flexibility index (Phi) is 9.14. The molecule has 1 rings (SSSR count). The van der Waals surface area contributed by atoms with Crippen molar-refractivity contribution in [2.24, 2.45) is 10.4 Å². The Hall–Kier alpha value is -0.520. The lowest BCUT2D eigenvalue weighted by molar-refractivity contribution is 0.127. The summed E-state index contributed by atoms with van der Waals surface area (Å²) in [4.78, 5) is 4.07. The zero-order valence-electron chi connectivity index (χ0n) is 10.7. The first-order valence-corrected chi connectivity index (χ1v) is 5.83. The molecule has 1 saturated heterocycles. The van der Waals surface area contributed by atoms with Crippen molar-refractivity contribution in [3.05, 3.63) is 0 Å². The standard InChI is InChI=1S/C12H21N3O2.HI/c1-3-6-14-11(13-2)15-9-12(4-7-16)5-8-17-10-12;/h1,16H,4-10H2,2H3,(H2,13,14,15);1H. The van der Waals surface area contributed by atoms with E-state index in [1.807, 2.05) is 0 Å². The molecule has 0 amide bonds. The third-order valence-electron chi connectivity index (χ3n) is 3.04. The SMILES string of the molecule is C#CCNC(=NC)NCC1(CCO)CCOC1.I. The van der Waals surface area contributed by atoms with E-state index >= 15 is 0 Å².